The molecule has 200 valence electrons. The molecule has 0 spiro atoms. The van der Waals surface area contributed by atoms with Gasteiger partial charge in [0.2, 0.25) is 0 Å². The molecule has 0 amide bonds. The van der Waals surface area contributed by atoms with E-state index in [1.54, 1.807) is 24.3 Å². The molecule has 1 saturated heterocycles. The van der Waals surface area contributed by atoms with Gasteiger partial charge in [0.1, 0.15) is 0 Å². The first-order chi connectivity index (χ1) is 17.8. The lowest BCUT2D eigenvalue weighted by Gasteiger charge is -2.28. The molecule has 2 aliphatic rings. The molecule has 1 atom stereocenters. The number of aryl methyl sites for hydroxylation is 1. The Hall–Kier alpha value is -2.97. The first-order valence-electron chi connectivity index (χ1n) is 12.7. The third-order valence-corrected chi connectivity index (χ3v) is 8.96. The maximum atomic E-state index is 14.0. The zero-order chi connectivity index (χ0) is 26.0. The van der Waals surface area contributed by atoms with Crippen LogP contribution in [0.2, 0.25) is 0 Å². The SMILES string of the molecule is Cc1ccc(-c2ccc3c(c2)C=C(C(=O)C(NC2CCOCC2)c2ccc(N)cc2)CCS3(=O)=O)cc1.Cl. The number of hydrogen-bond acceptors (Lipinski definition) is 6. The summed E-state index contributed by atoms with van der Waals surface area (Å²) < 4.78 is 31.8. The number of hydrogen-bond donors (Lipinski definition) is 2. The van der Waals surface area contributed by atoms with Gasteiger partial charge in [-0.05, 0) is 84.4 Å². The Morgan fingerprint density at radius 2 is 1.63 bits per heavy atom. The maximum absolute atomic E-state index is 14.0. The molecule has 38 heavy (non-hydrogen) atoms. The standard InChI is InChI=1S/C30H32N2O4S.ClH/c1-20-2-4-21(5-3-20)23-8-11-28-25(18-23)19-24(14-17-37(28,34)35)30(33)29(22-6-9-26(31)10-7-22)32-27-12-15-36-16-13-27;/h2-11,18-19,27,29,32H,12-17,31H2,1H3;1H. The predicted molar refractivity (Wildman–Crippen MR) is 154 cm³/mol. The first-order valence-corrected chi connectivity index (χ1v) is 14.3. The van der Waals surface area contributed by atoms with Gasteiger partial charge in [-0.3, -0.25) is 4.79 Å². The number of Topliss-reactive ketones (excluding diaryl/α,β-unsaturated/α-hetero) is 1. The predicted octanol–water partition coefficient (Wildman–Crippen LogP) is 5.31. The number of anilines is 1. The quantitative estimate of drug-likeness (QED) is 0.402. The van der Waals surface area contributed by atoms with E-state index < -0.39 is 15.9 Å². The summed E-state index contributed by atoms with van der Waals surface area (Å²) in [4.78, 5) is 14.3. The highest BCUT2D eigenvalue weighted by Crippen LogP contribution is 2.33. The van der Waals surface area contributed by atoms with E-state index in [9.17, 15) is 13.2 Å². The van der Waals surface area contributed by atoms with Crippen molar-refractivity contribution in [2.75, 3.05) is 24.7 Å². The van der Waals surface area contributed by atoms with Gasteiger partial charge in [-0.25, -0.2) is 8.42 Å². The number of benzene rings is 3. The van der Waals surface area contributed by atoms with Crippen LogP contribution in [0.4, 0.5) is 5.69 Å². The van der Waals surface area contributed by atoms with Crippen molar-refractivity contribution in [2.24, 2.45) is 0 Å². The van der Waals surface area contributed by atoms with Crippen LogP contribution in [0.3, 0.4) is 0 Å². The fourth-order valence-electron chi connectivity index (χ4n) is 4.98. The van der Waals surface area contributed by atoms with Crippen LogP contribution in [-0.2, 0) is 19.4 Å². The Morgan fingerprint density at radius 3 is 2.32 bits per heavy atom. The van der Waals surface area contributed by atoms with E-state index in [2.05, 4.69) is 5.32 Å². The van der Waals surface area contributed by atoms with Crippen LogP contribution >= 0.6 is 12.4 Å². The molecular weight excluding hydrogens is 520 g/mol. The highest BCUT2D eigenvalue weighted by atomic mass is 35.5. The molecular formula is C30H33ClN2O4S. The Morgan fingerprint density at radius 1 is 0.974 bits per heavy atom. The molecule has 2 aliphatic heterocycles. The summed E-state index contributed by atoms with van der Waals surface area (Å²) in [6, 6.07) is 20.3. The van der Waals surface area contributed by atoms with E-state index >= 15 is 0 Å². The number of nitrogen functional groups attached to an aromatic ring is 1. The van der Waals surface area contributed by atoms with E-state index in [4.69, 9.17) is 10.5 Å². The summed E-state index contributed by atoms with van der Waals surface area (Å²) in [6.07, 6.45) is 3.57. The number of carbonyl (C=O) groups excluding carboxylic acids is 1. The minimum absolute atomic E-state index is 0. The minimum atomic E-state index is -3.53. The number of rotatable bonds is 6. The van der Waals surface area contributed by atoms with Crippen molar-refractivity contribution < 1.29 is 17.9 Å². The number of fused-ring (bicyclic) bond motifs is 1. The fraction of sp³-hybridized carbons (Fsp3) is 0.300. The molecule has 0 bridgehead atoms. The van der Waals surface area contributed by atoms with Crippen molar-refractivity contribution in [1.29, 1.82) is 0 Å². The average Bonchev–Trinajstić information content (AvgIpc) is 3.04. The maximum Gasteiger partial charge on any atom is 0.180 e. The van der Waals surface area contributed by atoms with Gasteiger partial charge >= 0.3 is 0 Å². The normalized spacial score (nSPS) is 17.9. The lowest BCUT2D eigenvalue weighted by atomic mass is 9.92. The van der Waals surface area contributed by atoms with Crippen molar-refractivity contribution in [2.45, 2.75) is 43.2 Å². The highest BCUT2D eigenvalue weighted by Gasteiger charge is 2.31. The van der Waals surface area contributed by atoms with E-state index in [1.807, 2.05) is 55.5 Å². The fourth-order valence-corrected chi connectivity index (χ4v) is 6.44. The monoisotopic (exact) mass is 552 g/mol. The second-order valence-corrected chi connectivity index (χ2v) is 12.0. The second-order valence-electron chi connectivity index (χ2n) is 9.87. The number of ether oxygens (including phenoxy) is 1. The summed E-state index contributed by atoms with van der Waals surface area (Å²) in [6.45, 7) is 3.33. The number of nitrogens with two attached hydrogens (primary N) is 1. The van der Waals surface area contributed by atoms with Crippen molar-refractivity contribution >= 4 is 39.8 Å². The van der Waals surface area contributed by atoms with Gasteiger partial charge in [0.05, 0.1) is 16.7 Å². The molecule has 1 unspecified atom stereocenters. The number of nitrogens with one attached hydrogen (secondary N) is 1. The highest BCUT2D eigenvalue weighted by molar-refractivity contribution is 7.91. The second kappa shape index (κ2) is 11.8. The largest absolute Gasteiger partial charge is 0.399 e. The number of halogens is 1. The Balaban J connectivity index is 0.00000336. The number of ketones is 1. The molecule has 6 nitrogen and oxygen atoms in total. The van der Waals surface area contributed by atoms with E-state index in [0.29, 0.717) is 30.0 Å². The molecule has 0 aliphatic carbocycles. The summed E-state index contributed by atoms with van der Waals surface area (Å²) >= 11 is 0. The lowest BCUT2D eigenvalue weighted by Crippen LogP contribution is -2.41. The molecule has 3 aromatic carbocycles. The topological polar surface area (TPSA) is 98.5 Å². The molecule has 5 rings (SSSR count). The lowest BCUT2D eigenvalue weighted by molar-refractivity contribution is -0.118. The molecule has 1 fully saturated rings. The molecule has 0 radical (unpaired) electrons. The van der Waals surface area contributed by atoms with Gasteiger partial charge in [0.25, 0.3) is 0 Å². The third kappa shape index (κ3) is 6.18. The van der Waals surface area contributed by atoms with Gasteiger partial charge in [0.15, 0.2) is 15.6 Å². The van der Waals surface area contributed by atoms with E-state index in [-0.39, 0.29) is 41.3 Å². The van der Waals surface area contributed by atoms with Crippen molar-refractivity contribution in [3.63, 3.8) is 0 Å². The van der Waals surface area contributed by atoms with Crippen LogP contribution in [0.25, 0.3) is 17.2 Å². The van der Waals surface area contributed by atoms with Crippen molar-refractivity contribution in [3.8, 4) is 11.1 Å². The Bertz CT molecular complexity index is 1430. The van der Waals surface area contributed by atoms with Crippen LogP contribution in [-0.4, -0.2) is 39.2 Å². The molecule has 8 heteroatoms. The van der Waals surface area contributed by atoms with Crippen LogP contribution in [0.1, 0.15) is 42.0 Å². The van der Waals surface area contributed by atoms with Crippen molar-refractivity contribution in [3.05, 3.63) is 89.0 Å². The summed E-state index contributed by atoms with van der Waals surface area (Å²) in [5.74, 6) is -0.215. The van der Waals surface area contributed by atoms with Crippen LogP contribution < -0.4 is 11.1 Å². The van der Waals surface area contributed by atoms with Gasteiger partial charge < -0.3 is 15.8 Å². The smallest absolute Gasteiger partial charge is 0.180 e. The molecule has 3 aromatic rings. The third-order valence-electron chi connectivity index (χ3n) is 7.17. The van der Waals surface area contributed by atoms with Crippen LogP contribution in [0.5, 0.6) is 0 Å². The van der Waals surface area contributed by atoms with Gasteiger partial charge in [-0.1, -0.05) is 48.0 Å². The molecule has 0 saturated carbocycles. The average molecular weight is 553 g/mol. The number of carbonyl (C=O) groups is 1. The molecule has 2 heterocycles. The van der Waals surface area contributed by atoms with E-state index in [0.717, 1.165) is 35.1 Å². The van der Waals surface area contributed by atoms with Crippen molar-refractivity contribution in [1.82, 2.24) is 5.32 Å². The molecule has 0 aromatic heterocycles. The van der Waals surface area contributed by atoms with Crippen LogP contribution in [0.15, 0.2) is 77.2 Å². The van der Waals surface area contributed by atoms with Gasteiger partial charge in [-0.2, -0.15) is 0 Å². The zero-order valence-electron chi connectivity index (χ0n) is 21.4. The van der Waals surface area contributed by atoms with E-state index in [1.165, 1.54) is 0 Å². The summed E-state index contributed by atoms with van der Waals surface area (Å²) in [7, 11) is -3.53. The van der Waals surface area contributed by atoms with Gasteiger partial charge in [-0.15, -0.1) is 12.4 Å². The zero-order valence-corrected chi connectivity index (χ0v) is 23.0. The van der Waals surface area contributed by atoms with Gasteiger partial charge in [0, 0.05) is 24.9 Å². The number of sulfone groups is 1. The summed E-state index contributed by atoms with van der Waals surface area (Å²) in [5.41, 5.74) is 11.5. The van der Waals surface area contributed by atoms with Crippen LogP contribution in [0, 0.1) is 6.92 Å². The Labute approximate surface area is 230 Å². The minimum Gasteiger partial charge on any atom is -0.399 e. The first kappa shape index (κ1) is 28.0. The summed E-state index contributed by atoms with van der Waals surface area (Å²) in [5, 5.41) is 3.54. The Kier molecular flexibility index (Phi) is 8.73. The molecule has 3 N–H and O–H groups in total.